The maximum Gasteiger partial charge on any atom is 0.240 e. The molecule has 1 saturated heterocycles. The number of ether oxygens (including phenoxy) is 2. The molecule has 0 radical (unpaired) electrons. The summed E-state index contributed by atoms with van der Waals surface area (Å²) in [7, 11) is 1.63. The van der Waals surface area contributed by atoms with Crippen molar-refractivity contribution < 1.29 is 18.8 Å². The van der Waals surface area contributed by atoms with Gasteiger partial charge in [0.05, 0.1) is 20.2 Å². The van der Waals surface area contributed by atoms with Crippen molar-refractivity contribution in [2.45, 2.75) is 27.0 Å². The standard InChI is InChI=1S/C21H31N5O4/c1-16(2)12-22-20(27)13-25-8-10-26(11-9-25)14-21-23-19(24-30-21)15-29-18-6-4-17(28-3)5-7-18/h4-7,16H,8-15H2,1-3H3,(H,22,27). The molecule has 1 fully saturated rings. The molecule has 1 aromatic carbocycles. The lowest BCUT2D eigenvalue weighted by atomic mass is 10.2. The lowest BCUT2D eigenvalue weighted by molar-refractivity contribution is -0.122. The summed E-state index contributed by atoms with van der Waals surface area (Å²) in [4.78, 5) is 20.8. The lowest BCUT2D eigenvalue weighted by Gasteiger charge is -2.33. The molecule has 3 rings (SSSR count). The van der Waals surface area contributed by atoms with Crippen LogP contribution in [0.1, 0.15) is 25.6 Å². The zero-order valence-corrected chi connectivity index (χ0v) is 18.0. The Bertz CT molecular complexity index is 785. The van der Waals surface area contributed by atoms with Crippen molar-refractivity contribution in [3.8, 4) is 11.5 Å². The van der Waals surface area contributed by atoms with Gasteiger partial charge in [-0.25, -0.2) is 0 Å². The van der Waals surface area contributed by atoms with E-state index in [9.17, 15) is 4.79 Å². The zero-order valence-electron chi connectivity index (χ0n) is 18.0. The number of aromatic nitrogens is 2. The van der Waals surface area contributed by atoms with Gasteiger partial charge in [-0.1, -0.05) is 19.0 Å². The molecule has 30 heavy (non-hydrogen) atoms. The molecule has 1 aliphatic heterocycles. The van der Waals surface area contributed by atoms with Crippen LogP contribution < -0.4 is 14.8 Å². The second kappa shape index (κ2) is 10.9. The first-order chi connectivity index (χ1) is 14.5. The van der Waals surface area contributed by atoms with Crippen LogP contribution in [0.2, 0.25) is 0 Å². The summed E-state index contributed by atoms with van der Waals surface area (Å²) in [6.45, 7) is 9.61. The van der Waals surface area contributed by atoms with Crippen molar-refractivity contribution in [1.82, 2.24) is 25.3 Å². The van der Waals surface area contributed by atoms with E-state index >= 15 is 0 Å². The molecule has 2 heterocycles. The van der Waals surface area contributed by atoms with E-state index in [1.807, 2.05) is 24.3 Å². The van der Waals surface area contributed by atoms with Gasteiger partial charge in [-0.2, -0.15) is 4.98 Å². The van der Waals surface area contributed by atoms with Crippen LogP contribution in [0.4, 0.5) is 0 Å². The first-order valence-electron chi connectivity index (χ1n) is 10.3. The van der Waals surface area contributed by atoms with Crippen molar-refractivity contribution in [2.75, 3.05) is 46.4 Å². The number of nitrogens with zero attached hydrogens (tertiary/aromatic N) is 4. The molecule has 1 aromatic heterocycles. The SMILES string of the molecule is COc1ccc(OCc2noc(CN3CCN(CC(=O)NCC(C)C)CC3)n2)cc1. The van der Waals surface area contributed by atoms with Crippen molar-refractivity contribution in [3.05, 3.63) is 36.0 Å². The first kappa shape index (κ1) is 22.0. The van der Waals surface area contributed by atoms with E-state index in [1.54, 1.807) is 7.11 Å². The largest absolute Gasteiger partial charge is 0.497 e. The summed E-state index contributed by atoms with van der Waals surface area (Å²) in [5, 5.41) is 6.96. The Morgan fingerprint density at radius 2 is 1.80 bits per heavy atom. The van der Waals surface area contributed by atoms with Crippen LogP contribution in [-0.2, 0) is 17.9 Å². The van der Waals surface area contributed by atoms with E-state index in [1.165, 1.54) is 0 Å². The van der Waals surface area contributed by atoms with E-state index in [0.717, 1.165) is 44.2 Å². The number of benzene rings is 1. The predicted molar refractivity (Wildman–Crippen MR) is 111 cm³/mol. The average molecular weight is 418 g/mol. The van der Waals surface area contributed by atoms with Gasteiger partial charge < -0.3 is 19.3 Å². The molecule has 9 heteroatoms. The normalized spacial score (nSPS) is 15.3. The number of hydrogen-bond donors (Lipinski definition) is 1. The van der Waals surface area contributed by atoms with E-state index in [0.29, 0.717) is 30.7 Å². The monoisotopic (exact) mass is 417 g/mol. The highest BCUT2D eigenvalue weighted by atomic mass is 16.5. The fourth-order valence-corrected chi connectivity index (χ4v) is 3.11. The molecule has 0 atom stereocenters. The molecule has 1 amide bonds. The van der Waals surface area contributed by atoms with Crippen LogP contribution in [0.3, 0.4) is 0 Å². The fourth-order valence-electron chi connectivity index (χ4n) is 3.11. The second-order valence-electron chi connectivity index (χ2n) is 7.82. The summed E-state index contributed by atoms with van der Waals surface area (Å²) in [5.41, 5.74) is 0. The zero-order chi connectivity index (χ0) is 21.3. The van der Waals surface area contributed by atoms with Gasteiger partial charge in [0, 0.05) is 32.7 Å². The highest BCUT2D eigenvalue weighted by Crippen LogP contribution is 2.18. The van der Waals surface area contributed by atoms with E-state index < -0.39 is 0 Å². The molecular weight excluding hydrogens is 386 g/mol. The molecular formula is C21H31N5O4. The smallest absolute Gasteiger partial charge is 0.240 e. The molecule has 9 nitrogen and oxygen atoms in total. The molecule has 0 spiro atoms. The number of methoxy groups -OCH3 is 1. The Morgan fingerprint density at radius 1 is 1.13 bits per heavy atom. The Morgan fingerprint density at radius 3 is 2.47 bits per heavy atom. The third-order valence-electron chi connectivity index (χ3n) is 4.84. The van der Waals surface area contributed by atoms with Crippen molar-refractivity contribution in [1.29, 1.82) is 0 Å². The maximum atomic E-state index is 12.0. The van der Waals surface area contributed by atoms with Gasteiger partial charge >= 0.3 is 0 Å². The quantitative estimate of drug-likeness (QED) is 0.622. The molecule has 0 saturated carbocycles. The number of rotatable bonds is 10. The molecule has 1 aliphatic rings. The average Bonchev–Trinajstić information content (AvgIpc) is 3.20. The van der Waals surface area contributed by atoms with E-state index in [4.69, 9.17) is 14.0 Å². The minimum absolute atomic E-state index is 0.0931. The number of carbonyl (C=O) groups is 1. The van der Waals surface area contributed by atoms with Gasteiger partial charge in [0.2, 0.25) is 17.6 Å². The Hall–Kier alpha value is -2.65. The number of amides is 1. The van der Waals surface area contributed by atoms with Crippen LogP contribution >= 0.6 is 0 Å². The Kier molecular flexibility index (Phi) is 8.04. The van der Waals surface area contributed by atoms with E-state index in [-0.39, 0.29) is 12.5 Å². The third-order valence-corrected chi connectivity index (χ3v) is 4.84. The van der Waals surface area contributed by atoms with Crippen LogP contribution in [0.25, 0.3) is 0 Å². The van der Waals surface area contributed by atoms with Crippen LogP contribution in [-0.4, -0.2) is 72.2 Å². The van der Waals surface area contributed by atoms with Gasteiger partial charge in [-0.3, -0.25) is 14.6 Å². The number of hydrogen-bond acceptors (Lipinski definition) is 8. The minimum Gasteiger partial charge on any atom is -0.497 e. The highest BCUT2D eigenvalue weighted by Gasteiger charge is 2.21. The number of nitrogens with one attached hydrogen (secondary N) is 1. The van der Waals surface area contributed by atoms with Gasteiger partial charge in [0.25, 0.3) is 0 Å². The summed E-state index contributed by atoms with van der Waals surface area (Å²) in [6, 6.07) is 7.35. The van der Waals surface area contributed by atoms with Crippen LogP contribution in [0.5, 0.6) is 11.5 Å². The predicted octanol–water partition coefficient (Wildman–Crippen LogP) is 1.55. The summed E-state index contributed by atoms with van der Waals surface area (Å²) < 4.78 is 16.2. The van der Waals surface area contributed by atoms with Gasteiger partial charge in [0.15, 0.2) is 6.61 Å². The number of carbonyl (C=O) groups excluding carboxylic acids is 1. The first-order valence-corrected chi connectivity index (χ1v) is 10.3. The molecule has 164 valence electrons. The fraction of sp³-hybridized carbons (Fsp3) is 0.571. The Labute approximate surface area is 177 Å². The highest BCUT2D eigenvalue weighted by molar-refractivity contribution is 5.78. The lowest BCUT2D eigenvalue weighted by Crippen LogP contribution is -2.49. The molecule has 0 aliphatic carbocycles. The van der Waals surface area contributed by atoms with Gasteiger partial charge in [-0.15, -0.1) is 0 Å². The summed E-state index contributed by atoms with van der Waals surface area (Å²) in [5.74, 6) is 3.14. The topological polar surface area (TPSA) is 93.0 Å². The third kappa shape index (κ3) is 7.00. The maximum absolute atomic E-state index is 12.0. The molecule has 2 aromatic rings. The second-order valence-corrected chi connectivity index (χ2v) is 7.82. The van der Waals surface area contributed by atoms with E-state index in [2.05, 4.69) is 39.1 Å². The van der Waals surface area contributed by atoms with Gasteiger partial charge in [0.1, 0.15) is 11.5 Å². The Balaban J connectivity index is 1.37. The van der Waals surface area contributed by atoms with Crippen LogP contribution in [0, 0.1) is 5.92 Å². The molecule has 1 N–H and O–H groups in total. The van der Waals surface area contributed by atoms with Gasteiger partial charge in [-0.05, 0) is 30.2 Å². The minimum atomic E-state index is 0.0931. The summed E-state index contributed by atoms with van der Waals surface area (Å²) in [6.07, 6.45) is 0. The van der Waals surface area contributed by atoms with Crippen LogP contribution in [0.15, 0.2) is 28.8 Å². The molecule has 0 bridgehead atoms. The van der Waals surface area contributed by atoms with Crippen molar-refractivity contribution in [3.63, 3.8) is 0 Å². The van der Waals surface area contributed by atoms with Crippen molar-refractivity contribution in [2.24, 2.45) is 5.92 Å². The summed E-state index contributed by atoms with van der Waals surface area (Å²) >= 11 is 0. The molecule has 0 unspecified atom stereocenters. The number of piperazine rings is 1. The van der Waals surface area contributed by atoms with Crippen molar-refractivity contribution >= 4 is 5.91 Å².